The molecule has 0 saturated heterocycles. The highest BCUT2D eigenvalue weighted by Crippen LogP contribution is 2.27. The first kappa shape index (κ1) is 21.1. The SMILES string of the molecule is CC(C)Oc1ccc(C(=O)O[C@H](C)C(=O)Nc2ccccc2-c2ccccc2)cc1. The predicted octanol–water partition coefficient (Wildman–Crippen LogP) is 5.32. The summed E-state index contributed by atoms with van der Waals surface area (Å²) >= 11 is 0. The molecule has 3 aromatic carbocycles. The molecule has 0 bridgehead atoms. The number of carbonyl (C=O) groups excluding carboxylic acids is 2. The van der Waals surface area contributed by atoms with Crippen LogP contribution < -0.4 is 10.1 Å². The van der Waals surface area contributed by atoms with Gasteiger partial charge in [0.15, 0.2) is 6.10 Å². The third kappa shape index (κ3) is 5.47. The van der Waals surface area contributed by atoms with E-state index in [0.29, 0.717) is 17.0 Å². The minimum absolute atomic E-state index is 0.0466. The molecule has 0 aliphatic carbocycles. The standard InChI is InChI=1S/C25H25NO4/c1-17(2)29-21-15-13-20(14-16-21)25(28)30-18(3)24(27)26-23-12-8-7-11-22(23)19-9-5-4-6-10-19/h4-18H,1-3H3,(H,26,27)/t18-/m1/s1. The molecule has 0 radical (unpaired) electrons. The molecular formula is C25H25NO4. The number of para-hydroxylation sites is 1. The summed E-state index contributed by atoms with van der Waals surface area (Å²) < 4.78 is 10.9. The second kappa shape index (κ2) is 9.74. The molecule has 1 amide bonds. The lowest BCUT2D eigenvalue weighted by Crippen LogP contribution is -2.30. The van der Waals surface area contributed by atoms with Crippen molar-refractivity contribution in [3.05, 3.63) is 84.4 Å². The van der Waals surface area contributed by atoms with Gasteiger partial charge in [0, 0.05) is 11.3 Å². The second-order valence-corrected chi connectivity index (χ2v) is 7.14. The molecule has 0 unspecified atom stereocenters. The fourth-order valence-electron chi connectivity index (χ4n) is 2.92. The minimum atomic E-state index is -0.951. The smallest absolute Gasteiger partial charge is 0.338 e. The van der Waals surface area contributed by atoms with Gasteiger partial charge < -0.3 is 14.8 Å². The van der Waals surface area contributed by atoms with Crippen LogP contribution in [0.4, 0.5) is 5.69 Å². The maximum atomic E-state index is 12.6. The summed E-state index contributed by atoms with van der Waals surface area (Å²) in [6, 6.07) is 23.9. The first-order valence-electron chi connectivity index (χ1n) is 9.87. The Morgan fingerprint density at radius 2 is 1.43 bits per heavy atom. The highest BCUT2D eigenvalue weighted by molar-refractivity contribution is 5.99. The highest BCUT2D eigenvalue weighted by atomic mass is 16.5. The topological polar surface area (TPSA) is 64.6 Å². The molecule has 3 aromatic rings. The van der Waals surface area contributed by atoms with Crippen molar-refractivity contribution in [3.63, 3.8) is 0 Å². The van der Waals surface area contributed by atoms with E-state index in [1.165, 1.54) is 0 Å². The van der Waals surface area contributed by atoms with Crippen molar-refractivity contribution in [1.82, 2.24) is 0 Å². The Hall–Kier alpha value is -3.60. The van der Waals surface area contributed by atoms with Crippen molar-refractivity contribution >= 4 is 17.6 Å². The van der Waals surface area contributed by atoms with Crippen LogP contribution in [0.25, 0.3) is 11.1 Å². The zero-order valence-corrected chi connectivity index (χ0v) is 17.3. The van der Waals surface area contributed by atoms with Gasteiger partial charge in [-0.2, -0.15) is 0 Å². The Morgan fingerprint density at radius 3 is 2.10 bits per heavy atom. The minimum Gasteiger partial charge on any atom is -0.491 e. The molecule has 0 saturated carbocycles. The molecule has 5 nitrogen and oxygen atoms in total. The van der Waals surface area contributed by atoms with Gasteiger partial charge >= 0.3 is 5.97 Å². The molecule has 154 valence electrons. The first-order valence-corrected chi connectivity index (χ1v) is 9.87. The average molecular weight is 403 g/mol. The van der Waals surface area contributed by atoms with E-state index in [1.54, 1.807) is 31.2 Å². The third-order valence-corrected chi connectivity index (χ3v) is 4.38. The van der Waals surface area contributed by atoms with Crippen LogP contribution in [0, 0.1) is 0 Å². The highest BCUT2D eigenvalue weighted by Gasteiger charge is 2.20. The van der Waals surface area contributed by atoms with Crippen molar-refractivity contribution < 1.29 is 19.1 Å². The van der Waals surface area contributed by atoms with Crippen molar-refractivity contribution in [2.45, 2.75) is 33.0 Å². The van der Waals surface area contributed by atoms with Gasteiger partial charge in [0.25, 0.3) is 5.91 Å². The lowest BCUT2D eigenvalue weighted by Gasteiger charge is -2.16. The van der Waals surface area contributed by atoms with E-state index in [0.717, 1.165) is 11.1 Å². The van der Waals surface area contributed by atoms with Gasteiger partial charge in [-0.25, -0.2) is 4.79 Å². The van der Waals surface area contributed by atoms with Gasteiger partial charge in [0.1, 0.15) is 5.75 Å². The van der Waals surface area contributed by atoms with Gasteiger partial charge in [-0.05, 0) is 56.7 Å². The molecular weight excluding hydrogens is 378 g/mol. The molecule has 5 heteroatoms. The summed E-state index contributed by atoms with van der Waals surface area (Å²) in [6.45, 7) is 5.41. The molecule has 0 aliphatic rings. The average Bonchev–Trinajstić information content (AvgIpc) is 2.74. The van der Waals surface area contributed by atoms with Crippen LogP contribution >= 0.6 is 0 Å². The molecule has 3 rings (SSSR count). The van der Waals surface area contributed by atoms with E-state index >= 15 is 0 Å². The van der Waals surface area contributed by atoms with Gasteiger partial charge in [-0.1, -0.05) is 48.5 Å². The van der Waals surface area contributed by atoms with E-state index in [2.05, 4.69) is 5.32 Å². The van der Waals surface area contributed by atoms with Gasteiger partial charge in [0.2, 0.25) is 0 Å². The summed E-state index contributed by atoms with van der Waals surface area (Å²) in [6.07, 6.45) is -0.904. The second-order valence-electron chi connectivity index (χ2n) is 7.14. The predicted molar refractivity (Wildman–Crippen MR) is 118 cm³/mol. The van der Waals surface area contributed by atoms with Crippen molar-refractivity contribution in [2.24, 2.45) is 0 Å². The molecule has 0 heterocycles. The Morgan fingerprint density at radius 1 is 0.800 bits per heavy atom. The van der Waals surface area contributed by atoms with Gasteiger partial charge in [-0.3, -0.25) is 4.79 Å². The Labute approximate surface area is 176 Å². The van der Waals surface area contributed by atoms with Crippen molar-refractivity contribution in [3.8, 4) is 16.9 Å². The van der Waals surface area contributed by atoms with Crippen LogP contribution in [0.1, 0.15) is 31.1 Å². The Bertz CT molecular complexity index is 997. The number of rotatable bonds is 7. The summed E-state index contributed by atoms with van der Waals surface area (Å²) in [7, 11) is 0. The number of anilines is 1. The number of benzene rings is 3. The largest absolute Gasteiger partial charge is 0.491 e. The summed E-state index contributed by atoms with van der Waals surface area (Å²) in [5.41, 5.74) is 2.90. The lowest BCUT2D eigenvalue weighted by molar-refractivity contribution is -0.123. The Balaban J connectivity index is 1.65. The van der Waals surface area contributed by atoms with E-state index < -0.39 is 18.0 Å². The molecule has 0 fully saturated rings. The monoisotopic (exact) mass is 403 g/mol. The fraction of sp³-hybridized carbons (Fsp3) is 0.200. The lowest BCUT2D eigenvalue weighted by atomic mass is 10.0. The van der Waals surface area contributed by atoms with E-state index in [4.69, 9.17) is 9.47 Å². The van der Waals surface area contributed by atoms with Crippen LogP contribution in [0.3, 0.4) is 0 Å². The molecule has 0 spiro atoms. The van der Waals surface area contributed by atoms with Gasteiger partial charge in [-0.15, -0.1) is 0 Å². The van der Waals surface area contributed by atoms with Crippen LogP contribution in [0.2, 0.25) is 0 Å². The first-order chi connectivity index (χ1) is 14.4. The van der Waals surface area contributed by atoms with Crippen LogP contribution in [-0.2, 0) is 9.53 Å². The Kier molecular flexibility index (Phi) is 6.86. The molecule has 0 aliphatic heterocycles. The van der Waals surface area contributed by atoms with E-state index in [1.807, 2.05) is 68.4 Å². The normalized spacial score (nSPS) is 11.6. The van der Waals surface area contributed by atoms with Crippen molar-refractivity contribution in [2.75, 3.05) is 5.32 Å². The zero-order valence-electron chi connectivity index (χ0n) is 17.3. The van der Waals surface area contributed by atoms with Crippen LogP contribution in [0.5, 0.6) is 5.75 Å². The number of nitrogens with one attached hydrogen (secondary N) is 1. The number of hydrogen-bond donors (Lipinski definition) is 1. The number of carbonyl (C=O) groups is 2. The van der Waals surface area contributed by atoms with E-state index in [9.17, 15) is 9.59 Å². The zero-order chi connectivity index (χ0) is 21.5. The maximum absolute atomic E-state index is 12.6. The number of hydrogen-bond acceptors (Lipinski definition) is 4. The number of esters is 1. The summed E-state index contributed by atoms with van der Waals surface area (Å²) in [4.78, 5) is 25.0. The molecule has 0 aromatic heterocycles. The molecule has 1 atom stereocenters. The number of amides is 1. The van der Waals surface area contributed by atoms with E-state index in [-0.39, 0.29) is 6.10 Å². The maximum Gasteiger partial charge on any atom is 0.338 e. The summed E-state index contributed by atoms with van der Waals surface area (Å²) in [5.74, 6) is -0.290. The summed E-state index contributed by atoms with van der Waals surface area (Å²) in [5, 5.41) is 2.86. The molecule has 30 heavy (non-hydrogen) atoms. The number of ether oxygens (including phenoxy) is 2. The van der Waals surface area contributed by atoms with Crippen LogP contribution in [-0.4, -0.2) is 24.1 Å². The van der Waals surface area contributed by atoms with Crippen molar-refractivity contribution in [1.29, 1.82) is 0 Å². The fourth-order valence-corrected chi connectivity index (χ4v) is 2.92. The quantitative estimate of drug-likeness (QED) is 0.542. The molecule has 1 N–H and O–H groups in total. The van der Waals surface area contributed by atoms with Crippen LogP contribution in [0.15, 0.2) is 78.9 Å². The van der Waals surface area contributed by atoms with Gasteiger partial charge in [0.05, 0.1) is 11.7 Å². The third-order valence-electron chi connectivity index (χ3n) is 4.38.